The van der Waals surface area contributed by atoms with Gasteiger partial charge in [-0.25, -0.2) is 9.78 Å². The van der Waals surface area contributed by atoms with Crippen molar-refractivity contribution in [1.82, 2.24) is 4.98 Å². The highest BCUT2D eigenvalue weighted by atomic mass is 32.1. The van der Waals surface area contributed by atoms with Gasteiger partial charge in [0.2, 0.25) is 0 Å². The Bertz CT molecular complexity index is 652. The number of hydrogen-bond acceptors (Lipinski definition) is 6. The van der Waals surface area contributed by atoms with Crippen LogP contribution in [0.15, 0.2) is 30.5 Å². The van der Waals surface area contributed by atoms with Gasteiger partial charge in [-0.2, -0.15) is 0 Å². The van der Waals surface area contributed by atoms with Crippen LogP contribution in [0.2, 0.25) is 0 Å². The smallest absolute Gasteiger partial charge is 0.349 e. The maximum absolute atomic E-state index is 11.8. The molecule has 0 aliphatic carbocycles. The summed E-state index contributed by atoms with van der Waals surface area (Å²) in [4.78, 5) is 27.3. The van der Waals surface area contributed by atoms with Gasteiger partial charge in [0, 0.05) is 0 Å². The SMILES string of the molecule is CCc1ccc(OCC(=O)Nc2ncc(C(=O)OC)s2)cc1. The zero-order chi connectivity index (χ0) is 15.9. The molecule has 0 aliphatic heterocycles. The van der Waals surface area contributed by atoms with Crippen molar-refractivity contribution in [2.24, 2.45) is 0 Å². The van der Waals surface area contributed by atoms with Crippen LogP contribution >= 0.6 is 11.3 Å². The highest BCUT2D eigenvalue weighted by Crippen LogP contribution is 2.19. The molecule has 0 spiro atoms. The topological polar surface area (TPSA) is 77.5 Å². The molecule has 1 aromatic heterocycles. The van der Waals surface area contributed by atoms with E-state index in [0.717, 1.165) is 17.8 Å². The summed E-state index contributed by atoms with van der Waals surface area (Å²) in [6.45, 7) is 1.94. The van der Waals surface area contributed by atoms with Crippen molar-refractivity contribution in [1.29, 1.82) is 0 Å². The predicted octanol–water partition coefficient (Wildman–Crippen LogP) is 2.51. The number of aryl methyl sites for hydroxylation is 1. The number of anilines is 1. The Labute approximate surface area is 132 Å². The van der Waals surface area contributed by atoms with Crippen molar-refractivity contribution in [2.45, 2.75) is 13.3 Å². The first-order valence-electron chi connectivity index (χ1n) is 6.68. The van der Waals surface area contributed by atoms with E-state index < -0.39 is 5.97 Å². The van der Waals surface area contributed by atoms with Crippen molar-refractivity contribution in [3.05, 3.63) is 40.9 Å². The predicted molar refractivity (Wildman–Crippen MR) is 83.4 cm³/mol. The Morgan fingerprint density at radius 3 is 2.64 bits per heavy atom. The number of nitrogens with zero attached hydrogens (tertiary/aromatic N) is 1. The molecule has 1 aromatic carbocycles. The second-order valence-electron chi connectivity index (χ2n) is 4.36. The lowest BCUT2D eigenvalue weighted by Gasteiger charge is -2.06. The molecule has 1 heterocycles. The molecule has 0 unspecified atom stereocenters. The Hall–Kier alpha value is -2.41. The van der Waals surface area contributed by atoms with Crippen LogP contribution in [0.5, 0.6) is 5.75 Å². The van der Waals surface area contributed by atoms with E-state index in [-0.39, 0.29) is 12.5 Å². The fourth-order valence-corrected chi connectivity index (χ4v) is 2.40. The summed E-state index contributed by atoms with van der Waals surface area (Å²) in [6, 6.07) is 7.56. The van der Waals surface area contributed by atoms with E-state index in [0.29, 0.717) is 15.8 Å². The minimum absolute atomic E-state index is 0.126. The number of aromatic nitrogens is 1. The van der Waals surface area contributed by atoms with E-state index in [1.807, 2.05) is 24.3 Å². The van der Waals surface area contributed by atoms with Gasteiger partial charge >= 0.3 is 5.97 Å². The number of benzene rings is 1. The average molecular weight is 320 g/mol. The number of ether oxygens (including phenoxy) is 2. The second-order valence-corrected chi connectivity index (χ2v) is 5.39. The third-order valence-electron chi connectivity index (χ3n) is 2.84. The van der Waals surface area contributed by atoms with Gasteiger partial charge < -0.3 is 9.47 Å². The molecule has 0 bridgehead atoms. The first-order valence-corrected chi connectivity index (χ1v) is 7.49. The molecule has 22 heavy (non-hydrogen) atoms. The first kappa shape index (κ1) is 16.0. The van der Waals surface area contributed by atoms with E-state index in [2.05, 4.69) is 22.0 Å². The molecule has 116 valence electrons. The van der Waals surface area contributed by atoms with E-state index in [1.54, 1.807) is 0 Å². The molecule has 0 saturated carbocycles. The molecule has 1 amide bonds. The van der Waals surface area contributed by atoms with Crippen molar-refractivity contribution < 1.29 is 19.1 Å². The van der Waals surface area contributed by atoms with Crippen LogP contribution in [-0.4, -0.2) is 30.6 Å². The van der Waals surface area contributed by atoms with Crippen LogP contribution in [0.25, 0.3) is 0 Å². The number of amides is 1. The summed E-state index contributed by atoms with van der Waals surface area (Å²) in [5.74, 6) is -0.197. The molecule has 0 fully saturated rings. The van der Waals surface area contributed by atoms with Crippen LogP contribution in [0.1, 0.15) is 22.2 Å². The lowest BCUT2D eigenvalue weighted by atomic mass is 10.2. The van der Waals surface area contributed by atoms with Crippen LogP contribution < -0.4 is 10.1 Å². The standard InChI is InChI=1S/C15H16N2O4S/c1-3-10-4-6-11(7-5-10)21-9-13(18)17-15-16-8-12(22-15)14(19)20-2/h4-8H,3,9H2,1-2H3,(H,16,17,18). The van der Waals surface area contributed by atoms with Gasteiger partial charge in [0.15, 0.2) is 11.7 Å². The summed E-state index contributed by atoms with van der Waals surface area (Å²) >= 11 is 1.05. The summed E-state index contributed by atoms with van der Waals surface area (Å²) in [6.07, 6.45) is 2.31. The third kappa shape index (κ3) is 4.29. The molecule has 7 heteroatoms. The Kier molecular flexibility index (Phi) is 5.48. The molecule has 1 N–H and O–H groups in total. The third-order valence-corrected chi connectivity index (χ3v) is 3.73. The quantitative estimate of drug-likeness (QED) is 0.828. The fourth-order valence-electron chi connectivity index (χ4n) is 1.65. The van der Waals surface area contributed by atoms with Crippen LogP contribution in [0.3, 0.4) is 0 Å². The number of carbonyl (C=O) groups excluding carboxylic acids is 2. The molecule has 2 aromatic rings. The fraction of sp³-hybridized carbons (Fsp3) is 0.267. The molecule has 0 radical (unpaired) electrons. The minimum Gasteiger partial charge on any atom is -0.484 e. The Morgan fingerprint density at radius 2 is 2.00 bits per heavy atom. The normalized spacial score (nSPS) is 10.1. The van der Waals surface area contributed by atoms with Gasteiger partial charge in [0.25, 0.3) is 5.91 Å². The number of carbonyl (C=O) groups is 2. The summed E-state index contributed by atoms with van der Waals surface area (Å²) < 4.78 is 9.96. The van der Waals surface area contributed by atoms with Crippen LogP contribution in [0, 0.1) is 0 Å². The molecular weight excluding hydrogens is 304 g/mol. The highest BCUT2D eigenvalue weighted by molar-refractivity contribution is 7.17. The molecular formula is C15H16N2O4S. The maximum Gasteiger partial charge on any atom is 0.349 e. The van der Waals surface area contributed by atoms with E-state index in [4.69, 9.17) is 4.74 Å². The largest absolute Gasteiger partial charge is 0.484 e. The van der Waals surface area contributed by atoms with Crippen molar-refractivity contribution in [2.75, 3.05) is 19.0 Å². The molecule has 0 atom stereocenters. The average Bonchev–Trinajstić information content (AvgIpc) is 3.01. The Morgan fingerprint density at radius 1 is 1.27 bits per heavy atom. The number of esters is 1. The van der Waals surface area contributed by atoms with Gasteiger partial charge in [0.1, 0.15) is 10.6 Å². The van der Waals surface area contributed by atoms with Gasteiger partial charge in [-0.15, -0.1) is 0 Å². The number of thiazole rings is 1. The van der Waals surface area contributed by atoms with Gasteiger partial charge in [-0.05, 0) is 24.1 Å². The second kappa shape index (κ2) is 7.56. The van der Waals surface area contributed by atoms with Gasteiger partial charge in [-0.3, -0.25) is 10.1 Å². The van der Waals surface area contributed by atoms with E-state index >= 15 is 0 Å². The lowest BCUT2D eigenvalue weighted by molar-refractivity contribution is -0.118. The van der Waals surface area contributed by atoms with Crippen molar-refractivity contribution >= 4 is 28.3 Å². The number of methoxy groups -OCH3 is 1. The van der Waals surface area contributed by atoms with E-state index in [9.17, 15) is 9.59 Å². The van der Waals surface area contributed by atoms with Crippen LogP contribution in [-0.2, 0) is 16.0 Å². The van der Waals surface area contributed by atoms with Crippen molar-refractivity contribution in [3.8, 4) is 5.75 Å². The number of rotatable bonds is 6. The first-order chi connectivity index (χ1) is 10.6. The monoisotopic (exact) mass is 320 g/mol. The van der Waals surface area contributed by atoms with Crippen LogP contribution in [0.4, 0.5) is 5.13 Å². The minimum atomic E-state index is -0.481. The zero-order valence-corrected chi connectivity index (χ0v) is 13.1. The Balaban J connectivity index is 1.84. The lowest BCUT2D eigenvalue weighted by Crippen LogP contribution is -2.19. The summed E-state index contributed by atoms with van der Waals surface area (Å²) in [5, 5.41) is 2.90. The molecule has 6 nitrogen and oxygen atoms in total. The molecule has 2 rings (SSSR count). The highest BCUT2D eigenvalue weighted by Gasteiger charge is 2.12. The number of hydrogen-bond donors (Lipinski definition) is 1. The van der Waals surface area contributed by atoms with Gasteiger partial charge in [0.05, 0.1) is 13.3 Å². The summed E-state index contributed by atoms with van der Waals surface area (Å²) in [7, 11) is 1.29. The number of nitrogens with one attached hydrogen (secondary N) is 1. The van der Waals surface area contributed by atoms with E-state index in [1.165, 1.54) is 18.9 Å². The zero-order valence-electron chi connectivity index (χ0n) is 12.3. The molecule has 0 aliphatic rings. The molecule has 0 saturated heterocycles. The van der Waals surface area contributed by atoms with Crippen molar-refractivity contribution in [3.63, 3.8) is 0 Å². The summed E-state index contributed by atoms with van der Waals surface area (Å²) in [5.41, 5.74) is 1.20. The van der Waals surface area contributed by atoms with Gasteiger partial charge in [-0.1, -0.05) is 30.4 Å². The maximum atomic E-state index is 11.8.